The fraction of sp³-hybridized carbons (Fsp3) is 0.391. The molecule has 0 N–H and O–H groups in total. The van der Waals surface area contributed by atoms with E-state index in [1.54, 1.807) is 0 Å². The number of rotatable bonds is 10. The van der Waals surface area contributed by atoms with Crippen molar-refractivity contribution in [2.24, 2.45) is 11.8 Å². The first-order valence-electron chi connectivity index (χ1n) is 9.47. The Balaban J connectivity index is 1.62. The van der Waals surface area contributed by atoms with Gasteiger partial charge in [0, 0.05) is 0 Å². The summed E-state index contributed by atoms with van der Waals surface area (Å²) < 4.78 is 10.7. The molecule has 0 spiro atoms. The second-order valence-corrected chi connectivity index (χ2v) is 6.92. The number of hydrogen-bond donors (Lipinski definition) is 0. The second-order valence-electron chi connectivity index (χ2n) is 6.92. The number of benzene rings is 2. The second kappa shape index (κ2) is 11.2. The first-order valence-corrected chi connectivity index (χ1v) is 9.47. The third-order valence-corrected chi connectivity index (χ3v) is 4.53. The average Bonchev–Trinajstić information content (AvgIpc) is 2.71. The van der Waals surface area contributed by atoms with Crippen LogP contribution in [0.25, 0.3) is 0 Å². The predicted octanol–water partition coefficient (Wildman–Crippen LogP) is 4.92. The molecule has 0 amide bonds. The Morgan fingerprint density at radius 2 is 1.07 bits per heavy atom. The van der Waals surface area contributed by atoms with Crippen LogP contribution in [-0.2, 0) is 32.3 Å². The summed E-state index contributed by atoms with van der Waals surface area (Å²) in [6.07, 6.45) is 2.18. The molecule has 0 aliphatic rings. The highest BCUT2D eigenvalue weighted by molar-refractivity contribution is 5.72. The number of esters is 2. The maximum atomic E-state index is 12.1. The van der Waals surface area contributed by atoms with Crippen LogP contribution in [0.1, 0.15) is 44.2 Å². The maximum Gasteiger partial charge on any atom is 0.308 e. The van der Waals surface area contributed by atoms with E-state index in [4.69, 9.17) is 9.47 Å². The summed E-state index contributed by atoms with van der Waals surface area (Å²) >= 11 is 0. The van der Waals surface area contributed by atoms with Crippen LogP contribution in [0.3, 0.4) is 0 Å². The minimum atomic E-state index is -0.196. The van der Waals surface area contributed by atoms with Gasteiger partial charge in [-0.15, -0.1) is 0 Å². The van der Waals surface area contributed by atoms with Crippen molar-refractivity contribution in [1.29, 1.82) is 0 Å². The summed E-state index contributed by atoms with van der Waals surface area (Å²) in [5.41, 5.74) is 1.96. The van der Waals surface area contributed by atoms with Gasteiger partial charge in [-0.2, -0.15) is 0 Å². The Hall–Kier alpha value is -2.62. The molecule has 27 heavy (non-hydrogen) atoms. The van der Waals surface area contributed by atoms with Crippen LogP contribution in [-0.4, -0.2) is 11.9 Å². The summed E-state index contributed by atoms with van der Waals surface area (Å²) in [5, 5.41) is 0. The Labute approximate surface area is 161 Å². The minimum absolute atomic E-state index is 0.179. The molecule has 0 saturated heterocycles. The van der Waals surface area contributed by atoms with Gasteiger partial charge < -0.3 is 9.47 Å². The first-order chi connectivity index (χ1) is 13.1. The standard InChI is InChI=1S/C23H28O4/c1-18(22(24)26-16-20-12-5-3-6-13-20)10-9-11-19(2)23(25)27-17-21-14-7-4-8-15-21/h3-8,12-15,18-19H,9-11,16-17H2,1-2H3. The van der Waals surface area contributed by atoms with E-state index in [1.807, 2.05) is 74.5 Å². The van der Waals surface area contributed by atoms with Gasteiger partial charge in [-0.25, -0.2) is 0 Å². The predicted molar refractivity (Wildman–Crippen MR) is 105 cm³/mol. The van der Waals surface area contributed by atoms with Gasteiger partial charge >= 0.3 is 11.9 Å². The zero-order chi connectivity index (χ0) is 19.5. The van der Waals surface area contributed by atoms with E-state index in [2.05, 4.69) is 0 Å². The number of carbonyl (C=O) groups excluding carboxylic acids is 2. The Kier molecular flexibility index (Phi) is 8.56. The minimum Gasteiger partial charge on any atom is -0.461 e. The van der Waals surface area contributed by atoms with E-state index in [1.165, 1.54) is 0 Å². The molecular formula is C23H28O4. The summed E-state index contributed by atoms with van der Waals surface area (Å²) in [7, 11) is 0. The van der Waals surface area contributed by atoms with Crippen LogP contribution >= 0.6 is 0 Å². The lowest BCUT2D eigenvalue weighted by molar-refractivity contribution is -0.149. The van der Waals surface area contributed by atoms with E-state index in [-0.39, 0.29) is 23.8 Å². The molecule has 0 aliphatic heterocycles. The Morgan fingerprint density at radius 1 is 0.704 bits per heavy atom. The molecule has 2 aromatic carbocycles. The van der Waals surface area contributed by atoms with Crippen molar-refractivity contribution >= 4 is 11.9 Å². The van der Waals surface area contributed by atoms with Crippen LogP contribution < -0.4 is 0 Å². The van der Waals surface area contributed by atoms with Crippen molar-refractivity contribution < 1.29 is 19.1 Å². The van der Waals surface area contributed by atoms with Crippen molar-refractivity contribution in [3.05, 3.63) is 71.8 Å². The van der Waals surface area contributed by atoms with Crippen LogP contribution in [0.15, 0.2) is 60.7 Å². The molecule has 2 unspecified atom stereocenters. The zero-order valence-electron chi connectivity index (χ0n) is 16.1. The molecular weight excluding hydrogens is 340 g/mol. The molecule has 0 aliphatic carbocycles. The van der Waals surface area contributed by atoms with Gasteiger partial charge in [0.1, 0.15) is 13.2 Å². The van der Waals surface area contributed by atoms with Gasteiger partial charge in [-0.3, -0.25) is 9.59 Å². The molecule has 4 nitrogen and oxygen atoms in total. The van der Waals surface area contributed by atoms with Gasteiger partial charge in [-0.1, -0.05) is 80.9 Å². The van der Waals surface area contributed by atoms with Crippen molar-refractivity contribution in [3.8, 4) is 0 Å². The smallest absolute Gasteiger partial charge is 0.308 e. The van der Waals surface area contributed by atoms with Gasteiger partial charge in [0.2, 0.25) is 0 Å². The molecule has 0 heterocycles. The molecule has 0 radical (unpaired) electrons. The molecule has 0 fully saturated rings. The van der Waals surface area contributed by atoms with Crippen LogP contribution in [0.4, 0.5) is 0 Å². The third-order valence-electron chi connectivity index (χ3n) is 4.53. The highest BCUT2D eigenvalue weighted by atomic mass is 16.5. The van der Waals surface area contributed by atoms with Crippen molar-refractivity contribution in [1.82, 2.24) is 0 Å². The number of hydrogen-bond acceptors (Lipinski definition) is 4. The summed E-state index contributed by atoms with van der Waals surface area (Å²) in [5.74, 6) is -0.751. The van der Waals surface area contributed by atoms with Crippen molar-refractivity contribution in [2.45, 2.75) is 46.3 Å². The molecule has 2 rings (SSSR count). The number of ether oxygens (including phenoxy) is 2. The fourth-order valence-electron chi connectivity index (χ4n) is 2.71. The van der Waals surface area contributed by atoms with E-state index >= 15 is 0 Å². The molecule has 0 aromatic heterocycles. The van der Waals surface area contributed by atoms with Crippen LogP contribution in [0.5, 0.6) is 0 Å². The number of carbonyl (C=O) groups is 2. The third kappa shape index (κ3) is 7.65. The largest absolute Gasteiger partial charge is 0.461 e. The zero-order valence-corrected chi connectivity index (χ0v) is 16.1. The lowest BCUT2D eigenvalue weighted by Crippen LogP contribution is -2.17. The summed E-state index contributed by atoms with van der Waals surface area (Å²) in [4.78, 5) is 24.1. The van der Waals surface area contributed by atoms with E-state index < -0.39 is 0 Å². The van der Waals surface area contributed by atoms with Crippen LogP contribution in [0, 0.1) is 11.8 Å². The molecule has 2 aromatic rings. The molecule has 144 valence electrons. The monoisotopic (exact) mass is 368 g/mol. The maximum absolute atomic E-state index is 12.1. The van der Waals surface area contributed by atoms with Gasteiger partial charge in [-0.05, 0) is 24.0 Å². The average molecular weight is 368 g/mol. The van der Waals surface area contributed by atoms with E-state index in [9.17, 15) is 9.59 Å². The topological polar surface area (TPSA) is 52.6 Å². The highest BCUT2D eigenvalue weighted by Crippen LogP contribution is 2.16. The van der Waals surface area contributed by atoms with Crippen molar-refractivity contribution in [2.75, 3.05) is 0 Å². The first kappa shape index (κ1) is 20.7. The Morgan fingerprint density at radius 3 is 1.44 bits per heavy atom. The molecule has 2 atom stereocenters. The van der Waals surface area contributed by atoms with Gasteiger partial charge in [0.15, 0.2) is 0 Å². The van der Waals surface area contributed by atoms with Gasteiger partial charge in [0.05, 0.1) is 11.8 Å². The SMILES string of the molecule is CC(CCCC(C)C(=O)OCc1ccccc1)C(=O)OCc1ccccc1. The normalized spacial score (nSPS) is 12.8. The van der Waals surface area contributed by atoms with Crippen LogP contribution in [0.2, 0.25) is 0 Å². The van der Waals surface area contributed by atoms with Crippen molar-refractivity contribution in [3.63, 3.8) is 0 Å². The fourth-order valence-corrected chi connectivity index (χ4v) is 2.71. The lowest BCUT2D eigenvalue weighted by Gasteiger charge is -2.14. The van der Waals surface area contributed by atoms with E-state index in [0.29, 0.717) is 26.1 Å². The summed E-state index contributed by atoms with van der Waals surface area (Å²) in [6, 6.07) is 19.3. The Bertz CT molecular complexity index is 635. The quantitative estimate of drug-likeness (QED) is 0.559. The summed E-state index contributed by atoms with van der Waals surface area (Å²) in [6.45, 7) is 4.33. The van der Waals surface area contributed by atoms with E-state index in [0.717, 1.165) is 17.5 Å². The molecule has 0 bridgehead atoms. The van der Waals surface area contributed by atoms with Gasteiger partial charge in [0.25, 0.3) is 0 Å². The molecule has 4 heteroatoms. The lowest BCUT2D eigenvalue weighted by atomic mass is 9.99. The molecule has 0 saturated carbocycles. The highest BCUT2D eigenvalue weighted by Gasteiger charge is 2.18.